The summed E-state index contributed by atoms with van der Waals surface area (Å²) in [6.07, 6.45) is 1.37. The molecule has 0 bridgehead atoms. The maximum atomic E-state index is 5.88. The molecule has 104 valence electrons. The van der Waals surface area contributed by atoms with Crippen molar-refractivity contribution in [1.82, 2.24) is 5.32 Å². The van der Waals surface area contributed by atoms with Gasteiger partial charge in [0, 0.05) is 6.54 Å². The fourth-order valence-electron chi connectivity index (χ4n) is 2.28. The quantitative estimate of drug-likeness (QED) is 0.905. The number of rotatable bonds is 5. The minimum absolute atomic E-state index is 0.297. The summed E-state index contributed by atoms with van der Waals surface area (Å²) >= 11 is 0. The summed E-state index contributed by atoms with van der Waals surface area (Å²) in [4.78, 5) is 0. The fraction of sp³-hybridized carbons (Fsp3) is 0.294. The highest BCUT2D eigenvalue weighted by molar-refractivity contribution is 5.31. The van der Waals surface area contributed by atoms with Gasteiger partial charge in [-0.1, -0.05) is 30.3 Å². The molecule has 3 nitrogen and oxygen atoms in total. The second kappa shape index (κ2) is 6.44. The summed E-state index contributed by atoms with van der Waals surface area (Å²) in [6, 6.07) is 18.0. The number of benzene rings is 2. The van der Waals surface area contributed by atoms with Crippen LogP contribution in [0.3, 0.4) is 0 Å². The van der Waals surface area contributed by atoms with Crippen LogP contribution in [0, 0.1) is 0 Å². The van der Waals surface area contributed by atoms with E-state index in [9.17, 15) is 0 Å². The average molecular weight is 269 g/mol. The molecule has 3 heteroatoms. The van der Waals surface area contributed by atoms with E-state index in [1.165, 1.54) is 5.56 Å². The third-order valence-electron chi connectivity index (χ3n) is 3.39. The van der Waals surface area contributed by atoms with Crippen molar-refractivity contribution in [2.24, 2.45) is 0 Å². The molecule has 0 saturated carbocycles. The van der Waals surface area contributed by atoms with Crippen molar-refractivity contribution in [2.45, 2.75) is 19.1 Å². The Hall–Kier alpha value is -2.00. The Kier molecular flexibility index (Phi) is 4.19. The summed E-state index contributed by atoms with van der Waals surface area (Å²) in [5.41, 5.74) is 1.17. The van der Waals surface area contributed by atoms with Crippen LogP contribution in [0.5, 0.6) is 11.5 Å². The summed E-state index contributed by atoms with van der Waals surface area (Å²) < 4.78 is 11.6. The van der Waals surface area contributed by atoms with Crippen LogP contribution in [-0.2, 0) is 6.61 Å². The molecule has 1 saturated heterocycles. The van der Waals surface area contributed by atoms with Gasteiger partial charge in [-0.3, -0.25) is 0 Å². The molecule has 1 fully saturated rings. The van der Waals surface area contributed by atoms with E-state index in [1.807, 2.05) is 42.5 Å². The molecule has 20 heavy (non-hydrogen) atoms. The van der Waals surface area contributed by atoms with Gasteiger partial charge in [-0.05, 0) is 42.8 Å². The zero-order valence-electron chi connectivity index (χ0n) is 11.4. The Morgan fingerprint density at radius 3 is 2.40 bits per heavy atom. The summed E-state index contributed by atoms with van der Waals surface area (Å²) in [5, 5.41) is 3.29. The van der Waals surface area contributed by atoms with E-state index < -0.39 is 0 Å². The number of nitrogens with one attached hydrogen (secondary N) is 1. The van der Waals surface area contributed by atoms with Crippen molar-refractivity contribution >= 4 is 0 Å². The van der Waals surface area contributed by atoms with Gasteiger partial charge in [-0.2, -0.15) is 0 Å². The topological polar surface area (TPSA) is 30.5 Å². The Labute approximate surface area is 119 Å². The van der Waals surface area contributed by atoms with Gasteiger partial charge in [-0.15, -0.1) is 0 Å². The largest absolute Gasteiger partial charge is 0.489 e. The zero-order valence-corrected chi connectivity index (χ0v) is 11.4. The molecule has 1 unspecified atom stereocenters. The molecule has 0 aromatic heterocycles. The Bertz CT molecular complexity index is 518. The van der Waals surface area contributed by atoms with Crippen molar-refractivity contribution in [2.75, 3.05) is 13.1 Å². The maximum Gasteiger partial charge on any atom is 0.120 e. The lowest BCUT2D eigenvalue weighted by atomic mass is 10.2. The predicted octanol–water partition coefficient (Wildman–Crippen LogP) is 3.01. The van der Waals surface area contributed by atoms with E-state index >= 15 is 0 Å². The smallest absolute Gasteiger partial charge is 0.120 e. The monoisotopic (exact) mass is 269 g/mol. The third kappa shape index (κ3) is 3.52. The van der Waals surface area contributed by atoms with Crippen LogP contribution in [-0.4, -0.2) is 19.2 Å². The molecule has 2 aromatic rings. The van der Waals surface area contributed by atoms with Gasteiger partial charge in [0.2, 0.25) is 0 Å². The molecule has 0 aliphatic carbocycles. The normalized spacial score (nSPS) is 17.9. The van der Waals surface area contributed by atoms with Crippen LogP contribution in [0.15, 0.2) is 54.6 Å². The van der Waals surface area contributed by atoms with Crippen molar-refractivity contribution in [3.05, 3.63) is 60.2 Å². The highest BCUT2D eigenvalue weighted by Crippen LogP contribution is 2.20. The van der Waals surface area contributed by atoms with Gasteiger partial charge < -0.3 is 14.8 Å². The SMILES string of the molecule is c1ccc(COc2ccc(OC3CCNC3)cc2)cc1. The first-order valence-corrected chi connectivity index (χ1v) is 7.04. The van der Waals surface area contributed by atoms with Gasteiger partial charge in [0.15, 0.2) is 0 Å². The predicted molar refractivity (Wildman–Crippen MR) is 79.1 cm³/mol. The number of hydrogen-bond donors (Lipinski definition) is 1. The highest BCUT2D eigenvalue weighted by atomic mass is 16.5. The van der Waals surface area contributed by atoms with Crippen LogP contribution in [0.1, 0.15) is 12.0 Å². The minimum Gasteiger partial charge on any atom is -0.489 e. The van der Waals surface area contributed by atoms with Gasteiger partial charge in [0.05, 0.1) is 0 Å². The standard InChI is InChI=1S/C17H19NO2/c1-2-4-14(5-3-1)13-19-15-6-8-16(9-7-15)20-17-10-11-18-12-17/h1-9,17-18H,10-13H2. The third-order valence-corrected chi connectivity index (χ3v) is 3.39. The first kappa shape index (κ1) is 13.0. The highest BCUT2D eigenvalue weighted by Gasteiger charge is 2.15. The van der Waals surface area contributed by atoms with E-state index in [2.05, 4.69) is 17.4 Å². The number of hydrogen-bond acceptors (Lipinski definition) is 3. The lowest BCUT2D eigenvalue weighted by Gasteiger charge is -2.13. The minimum atomic E-state index is 0.297. The second-order valence-electron chi connectivity index (χ2n) is 4.98. The Morgan fingerprint density at radius 1 is 0.950 bits per heavy atom. The van der Waals surface area contributed by atoms with Crippen LogP contribution < -0.4 is 14.8 Å². The van der Waals surface area contributed by atoms with E-state index in [0.29, 0.717) is 12.7 Å². The molecule has 1 aliphatic rings. The van der Waals surface area contributed by atoms with Crippen molar-refractivity contribution in [1.29, 1.82) is 0 Å². The molecule has 1 N–H and O–H groups in total. The average Bonchev–Trinajstić information content (AvgIpc) is 3.01. The summed E-state index contributed by atoms with van der Waals surface area (Å²) in [7, 11) is 0. The Morgan fingerprint density at radius 2 is 1.70 bits per heavy atom. The zero-order chi connectivity index (χ0) is 13.6. The summed E-state index contributed by atoms with van der Waals surface area (Å²) in [6.45, 7) is 2.57. The number of ether oxygens (including phenoxy) is 2. The van der Waals surface area contributed by atoms with Crippen LogP contribution in [0.2, 0.25) is 0 Å². The van der Waals surface area contributed by atoms with Crippen LogP contribution >= 0.6 is 0 Å². The second-order valence-corrected chi connectivity index (χ2v) is 4.98. The van der Waals surface area contributed by atoms with Gasteiger partial charge >= 0.3 is 0 Å². The van der Waals surface area contributed by atoms with Crippen molar-refractivity contribution in [3.63, 3.8) is 0 Å². The van der Waals surface area contributed by atoms with E-state index in [-0.39, 0.29) is 0 Å². The maximum absolute atomic E-state index is 5.88. The summed E-state index contributed by atoms with van der Waals surface area (Å²) in [5.74, 6) is 1.77. The first-order chi connectivity index (χ1) is 9.90. The molecule has 0 amide bonds. The molecule has 1 aliphatic heterocycles. The van der Waals surface area contributed by atoms with Gasteiger partial charge in [0.1, 0.15) is 24.2 Å². The lowest BCUT2D eigenvalue weighted by Crippen LogP contribution is -2.19. The van der Waals surface area contributed by atoms with E-state index in [1.54, 1.807) is 0 Å². The molecular weight excluding hydrogens is 250 g/mol. The van der Waals surface area contributed by atoms with Crippen LogP contribution in [0.4, 0.5) is 0 Å². The molecule has 0 radical (unpaired) electrons. The van der Waals surface area contributed by atoms with Crippen molar-refractivity contribution in [3.8, 4) is 11.5 Å². The first-order valence-electron chi connectivity index (χ1n) is 7.04. The van der Waals surface area contributed by atoms with Gasteiger partial charge in [-0.25, -0.2) is 0 Å². The molecule has 0 spiro atoms. The molecule has 2 aromatic carbocycles. The van der Waals surface area contributed by atoms with Gasteiger partial charge in [0.25, 0.3) is 0 Å². The molecule has 3 rings (SSSR count). The lowest BCUT2D eigenvalue weighted by molar-refractivity contribution is 0.222. The van der Waals surface area contributed by atoms with E-state index in [4.69, 9.17) is 9.47 Å². The molecule has 1 heterocycles. The van der Waals surface area contributed by atoms with Crippen molar-refractivity contribution < 1.29 is 9.47 Å². The molecular formula is C17H19NO2. The fourth-order valence-corrected chi connectivity index (χ4v) is 2.28. The Balaban J connectivity index is 1.53. The van der Waals surface area contributed by atoms with Crippen LogP contribution in [0.25, 0.3) is 0 Å². The molecule has 1 atom stereocenters. The van der Waals surface area contributed by atoms with E-state index in [0.717, 1.165) is 31.0 Å².